The van der Waals surface area contributed by atoms with Gasteiger partial charge in [-0.05, 0) is 64.8 Å². The Hall–Kier alpha value is -0.870. The summed E-state index contributed by atoms with van der Waals surface area (Å²) in [5, 5.41) is 0. The van der Waals surface area contributed by atoms with Crippen molar-refractivity contribution < 1.29 is 4.79 Å². The second kappa shape index (κ2) is 5.64. The molecule has 1 saturated carbocycles. The number of likely N-dealkylation sites (N-methyl/N-ethyl adjacent to an activating group) is 1. The van der Waals surface area contributed by atoms with E-state index < -0.39 is 0 Å². The van der Waals surface area contributed by atoms with E-state index in [1.165, 1.54) is 42.0 Å². The molecule has 3 aliphatic rings. The maximum Gasteiger partial charge on any atom is 0.226 e. The molecule has 0 radical (unpaired) electrons. The van der Waals surface area contributed by atoms with Crippen LogP contribution in [-0.4, -0.2) is 47.9 Å². The summed E-state index contributed by atoms with van der Waals surface area (Å²) in [6.45, 7) is 4.34. The van der Waals surface area contributed by atoms with Gasteiger partial charge in [-0.1, -0.05) is 0 Å². The number of hydrogen-bond donors (Lipinski definition) is 0. The molecule has 2 saturated heterocycles. The minimum Gasteiger partial charge on any atom is -0.338 e. The van der Waals surface area contributed by atoms with Gasteiger partial charge in [-0.3, -0.25) is 4.79 Å². The molecule has 3 heterocycles. The highest BCUT2D eigenvalue weighted by molar-refractivity contribution is 7.12. The fraction of sp³-hybridized carbons (Fsp3) is 0.722. The molecule has 22 heavy (non-hydrogen) atoms. The minimum absolute atomic E-state index is 0.269. The molecule has 4 rings (SSSR count). The van der Waals surface area contributed by atoms with Gasteiger partial charge in [0.25, 0.3) is 0 Å². The van der Waals surface area contributed by atoms with Gasteiger partial charge >= 0.3 is 0 Å². The van der Waals surface area contributed by atoms with Crippen LogP contribution in [0.25, 0.3) is 0 Å². The lowest BCUT2D eigenvalue weighted by atomic mass is 10.0. The highest BCUT2D eigenvalue weighted by atomic mass is 32.1. The molecule has 2 aliphatic heterocycles. The van der Waals surface area contributed by atoms with Crippen LogP contribution in [0.15, 0.2) is 12.1 Å². The molecule has 1 amide bonds. The topological polar surface area (TPSA) is 23.6 Å². The third-order valence-corrected chi connectivity index (χ3v) is 6.97. The van der Waals surface area contributed by atoms with Crippen LogP contribution in [-0.2, 0) is 4.79 Å². The molecule has 1 aliphatic carbocycles. The lowest BCUT2D eigenvalue weighted by Crippen LogP contribution is -2.47. The van der Waals surface area contributed by atoms with Crippen LogP contribution in [0.2, 0.25) is 0 Å². The number of thiophene rings is 1. The Morgan fingerprint density at radius 1 is 1.18 bits per heavy atom. The van der Waals surface area contributed by atoms with E-state index in [0.717, 1.165) is 13.0 Å². The van der Waals surface area contributed by atoms with E-state index in [1.54, 1.807) is 0 Å². The zero-order valence-corrected chi connectivity index (χ0v) is 14.4. The highest BCUT2D eigenvalue weighted by Gasteiger charge is 2.49. The third-order valence-electron chi connectivity index (χ3n) is 5.84. The second-order valence-corrected chi connectivity index (χ2v) is 8.65. The molecule has 0 bridgehead atoms. The molecule has 3 nitrogen and oxygen atoms in total. The number of amides is 1. The number of carbonyl (C=O) groups excluding carboxylic acids is 1. The first-order valence-corrected chi connectivity index (χ1v) is 9.54. The quantitative estimate of drug-likeness (QED) is 0.854. The predicted molar refractivity (Wildman–Crippen MR) is 90.3 cm³/mol. The summed E-state index contributed by atoms with van der Waals surface area (Å²) in [7, 11) is 2.23. The van der Waals surface area contributed by atoms with Crippen molar-refractivity contribution >= 4 is 17.2 Å². The highest BCUT2D eigenvalue weighted by Crippen LogP contribution is 2.51. The van der Waals surface area contributed by atoms with Gasteiger partial charge in [-0.2, -0.15) is 0 Å². The van der Waals surface area contributed by atoms with Crippen molar-refractivity contribution in [2.45, 2.75) is 57.0 Å². The molecule has 0 spiro atoms. The smallest absolute Gasteiger partial charge is 0.226 e. The molecule has 4 atom stereocenters. The van der Waals surface area contributed by atoms with Crippen LogP contribution in [0, 0.1) is 12.8 Å². The SMILES string of the molecule is Cc1ccc([C@@H]2C[C@@H]2C(=O)N2CCC[C@@H]2[C@H]2CCCN2C)s1. The van der Waals surface area contributed by atoms with Crippen LogP contribution >= 0.6 is 11.3 Å². The number of rotatable bonds is 3. The van der Waals surface area contributed by atoms with E-state index in [-0.39, 0.29) is 5.92 Å². The second-order valence-electron chi connectivity index (χ2n) is 7.33. The predicted octanol–water partition coefficient (Wildman–Crippen LogP) is 3.25. The van der Waals surface area contributed by atoms with Gasteiger partial charge in [0, 0.05) is 40.2 Å². The Bertz CT molecular complexity index is 569. The van der Waals surface area contributed by atoms with Crippen molar-refractivity contribution in [1.82, 2.24) is 9.80 Å². The summed E-state index contributed by atoms with van der Waals surface area (Å²) in [5.74, 6) is 1.22. The van der Waals surface area contributed by atoms with E-state index >= 15 is 0 Å². The molecule has 120 valence electrons. The number of aryl methyl sites for hydroxylation is 1. The maximum atomic E-state index is 13.0. The van der Waals surface area contributed by atoms with Crippen molar-refractivity contribution in [3.8, 4) is 0 Å². The fourth-order valence-electron chi connectivity index (χ4n) is 4.54. The summed E-state index contributed by atoms with van der Waals surface area (Å²) in [4.78, 5) is 20.5. The summed E-state index contributed by atoms with van der Waals surface area (Å²) in [5.41, 5.74) is 0. The standard InChI is InChI=1S/C18H26N2OS/c1-12-7-8-17(22-12)13-11-14(13)18(21)20-10-4-6-16(20)15-5-3-9-19(15)2/h7-8,13-16H,3-6,9-11H2,1-2H3/t13-,14+,15-,16-/m1/s1. The average molecular weight is 318 g/mol. The molecule has 1 aromatic heterocycles. The zero-order chi connectivity index (χ0) is 15.3. The zero-order valence-electron chi connectivity index (χ0n) is 13.6. The Morgan fingerprint density at radius 3 is 2.64 bits per heavy atom. The Balaban J connectivity index is 1.44. The van der Waals surface area contributed by atoms with E-state index in [4.69, 9.17) is 0 Å². The molecule has 3 fully saturated rings. The van der Waals surface area contributed by atoms with E-state index in [0.29, 0.717) is 23.9 Å². The van der Waals surface area contributed by atoms with Crippen molar-refractivity contribution in [2.24, 2.45) is 5.92 Å². The Morgan fingerprint density at radius 2 is 1.95 bits per heavy atom. The van der Waals surface area contributed by atoms with Crippen LogP contribution in [0.5, 0.6) is 0 Å². The van der Waals surface area contributed by atoms with Gasteiger partial charge in [0.05, 0.1) is 0 Å². The molecule has 0 unspecified atom stereocenters. The van der Waals surface area contributed by atoms with Gasteiger partial charge < -0.3 is 9.80 Å². The van der Waals surface area contributed by atoms with E-state index in [2.05, 4.69) is 35.9 Å². The molecular formula is C18H26N2OS. The van der Waals surface area contributed by atoms with Gasteiger partial charge in [0.15, 0.2) is 0 Å². The van der Waals surface area contributed by atoms with Crippen LogP contribution in [0.1, 0.15) is 47.8 Å². The molecular weight excluding hydrogens is 292 g/mol. The maximum absolute atomic E-state index is 13.0. The van der Waals surface area contributed by atoms with Crippen LogP contribution < -0.4 is 0 Å². The molecule has 4 heteroatoms. The average Bonchev–Trinajstić information content (AvgIpc) is 2.84. The monoisotopic (exact) mass is 318 g/mol. The summed E-state index contributed by atoms with van der Waals surface area (Å²) < 4.78 is 0. The summed E-state index contributed by atoms with van der Waals surface area (Å²) >= 11 is 1.87. The Kier molecular flexibility index (Phi) is 3.77. The molecule has 0 aromatic carbocycles. The van der Waals surface area contributed by atoms with Gasteiger partial charge in [-0.25, -0.2) is 0 Å². The third kappa shape index (κ3) is 2.50. The minimum atomic E-state index is 0.269. The first-order valence-electron chi connectivity index (χ1n) is 8.72. The lowest BCUT2D eigenvalue weighted by Gasteiger charge is -2.33. The number of carbonyl (C=O) groups is 1. The largest absolute Gasteiger partial charge is 0.338 e. The van der Waals surface area contributed by atoms with Crippen molar-refractivity contribution in [3.63, 3.8) is 0 Å². The first kappa shape index (κ1) is 14.7. The fourth-order valence-corrected chi connectivity index (χ4v) is 5.59. The van der Waals surface area contributed by atoms with Crippen molar-refractivity contribution in [1.29, 1.82) is 0 Å². The summed E-state index contributed by atoms with van der Waals surface area (Å²) in [6.07, 6.45) is 6.03. The molecule has 0 N–H and O–H groups in total. The normalized spacial score (nSPS) is 35.3. The van der Waals surface area contributed by atoms with Crippen molar-refractivity contribution in [2.75, 3.05) is 20.1 Å². The number of nitrogens with zero attached hydrogens (tertiary/aromatic N) is 2. The first-order chi connectivity index (χ1) is 10.6. The van der Waals surface area contributed by atoms with Gasteiger partial charge in [0.2, 0.25) is 5.91 Å². The van der Waals surface area contributed by atoms with Gasteiger partial charge in [-0.15, -0.1) is 11.3 Å². The lowest BCUT2D eigenvalue weighted by molar-refractivity contribution is -0.134. The number of likely N-dealkylation sites (tertiary alicyclic amines) is 2. The van der Waals surface area contributed by atoms with E-state index in [9.17, 15) is 4.79 Å². The van der Waals surface area contributed by atoms with Crippen LogP contribution in [0.3, 0.4) is 0 Å². The molecule has 1 aromatic rings. The van der Waals surface area contributed by atoms with Gasteiger partial charge in [0.1, 0.15) is 0 Å². The number of hydrogen-bond acceptors (Lipinski definition) is 3. The summed E-state index contributed by atoms with van der Waals surface area (Å²) in [6, 6.07) is 5.50. The Labute approximate surface area is 137 Å². The van der Waals surface area contributed by atoms with E-state index in [1.807, 2.05) is 11.3 Å². The van der Waals surface area contributed by atoms with Crippen molar-refractivity contribution in [3.05, 3.63) is 21.9 Å². The van der Waals surface area contributed by atoms with Crippen LogP contribution in [0.4, 0.5) is 0 Å².